The van der Waals surface area contributed by atoms with Gasteiger partial charge in [-0.25, -0.2) is 4.70 Å². The van der Waals surface area contributed by atoms with Gasteiger partial charge >= 0.3 is 41.6 Å². The summed E-state index contributed by atoms with van der Waals surface area (Å²) in [6.45, 7) is 13.5. The second kappa shape index (κ2) is 22.7. The van der Waals surface area contributed by atoms with Crippen molar-refractivity contribution >= 4 is 11.4 Å². The van der Waals surface area contributed by atoms with E-state index in [1.165, 1.54) is 96.3 Å². The fourth-order valence-electron chi connectivity index (χ4n) is 5.84. The summed E-state index contributed by atoms with van der Waals surface area (Å²) in [5, 5.41) is 0. The first-order chi connectivity index (χ1) is 21.1. The first-order valence-electron chi connectivity index (χ1n) is 17.6. The van der Waals surface area contributed by atoms with Crippen LogP contribution in [0.1, 0.15) is 154 Å². The number of unbranched alkanes of at least 4 members (excludes halogenated alkanes) is 8. The molecular weight excluding hydrogens is 615 g/mol. The summed E-state index contributed by atoms with van der Waals surface area (Å²) in [6.07, 6.45) is 19.1. The Kier molecular flexibility index (Phi) is 19.7. The van der Waals surface area contributed by atoms with E-state index in [4.69, 9.17) is 0 Å². The summed E-state index contributed by atoms with van der Waals surface area (Å²) in [7, 11) is 0. The summed E-state index contributed by atoms with van der Waals surface area (Å²) in [4.78, 5) is 2.79. The van der Waals surface area contributed by atoms with Crippen molar-refractivity contribution in [2.24, 2.45) is 0 Å². The third-order valence-electron chi connectivity index (χ3n) is 8.30. The van der Waals surface area contributed by atoms with E-state index in [1.807, 2.05) is 0 Å². The van der Waals surface area contributed by atoms with E-state index in [9.17, 15) is 5.53 Å². The Morgan fingerprint density at radius 3 is 1.60 bits per heavy atom. The Balaban J connectivity index is 0.00000119. The van der Waals surface area contributed by atoms with Gasteiger partial charge in [-0.15, -0.1) is 0 Å². The van der Waals surface area contributed by atoms with Crippen molar-refractivity contribution in [1.29, 1.82) is 0 Å². The van der Waals surface area contributed by atoms with Gasteiger partial charge in [-0.05, 0) is 86.8 Å². The first-order valence-corrected chi connectivity index (χ1v) is 19.8. The summed E-state index contributed by atoms with van der Waals surface area (Å²) >= 11 is 1.04. The normalized spacial score (nSPS) is 13.2. The molecule has 0 atom stereocenters. The van der Waals surface area contributed by atoms with Crippen LogP contribution in [-0.2, 0) is 30.8 Å². The van der Waals surface area contributed by atoms with E-state index in [2.05, 4.69) is 90.1 Å². The van der Waals surface area contributed by atoms with E-state index < -0.39 is 0 Å². The van der Waals surface area contributed by atoms with Crippen LogP contribution in [-0.4, -0.2) is 4.70 Å². The van der Waals surface area contributed by atoms with Crippen LogP contribution in [0.15, 0.2) is 59.7 Å². The van der Waals surface area contributed by atoms with E-state index in [1.54, 1.807) is 4.70 Å². The summed E-state index contributed by atoms with van der Waals surface area (Å²) < 4.78 is 1.55. The molecule has 0 aromatic heterocycles. The predicted octanol–water partition coefficient (Wildman–Crippen LogP) is 13.4. The van der Waals surface area contributed by atoms with Crippen LogP contribution < -0.4 is 0 Å². The number of benzene rings is 2. The van der Waals surface area contributed by atoms with Crippen molar-refractivity contribution < 1.29 is 22.7 Å². The molecule has 3 heteroatoms. The van der Waals surface area contributed by atoms with E-state index >= 15 is 0 Å². The van der Waals surface area contributed by atoms with Crippen molar-refractivity contribution in [3.05, 3.63) is 87.5 Å². The number of hydrogen-bond donors (Lipinski definition) is 0. The van der Waals surface area contributed by atoms with Crippen molar-refractivity contribution in [2.75, 3.05) is 0 Å². The minimum absolute atomic E-state index is 1.01. The molecule has 0 saturated carbocycles. The molecule has 2 aromatic carbocycles. The van der Waals surface area contributed by atoms with Gasteiger partial charge in [-0.3, -0.25) is 0 Å². The molecule has 0 saturated heterocycles. The molecule has 0 radical (unpaired) electrons. The van der Waals surface area contributed by atoms with Crippen LogP contribution in [0.25, 0.3) is 16.9 Å². The Morgan fingerprint density at radius 1 is 0.512 bits per heavy atom. The second-order valence-electron chi connectivity index (χ2n) is 11.8. The topological polar surface area (TPSA) is 25.3 Å². The summed E-state index contributed by atoms with van der Waals surface area (Å²) in [5.41, 5.74) is 21.7. The molecule has 2 nitrogen and oxygen atoms in total. The average molecular weight is 677 g/mol. The molecule has 242 valence electrons. The van der Waals surface area contributed by atoms with Crippen molar-refractivity contribution in [3.8, 4) is 0 Å². The van der Waals surface area contributed by atoms with Crippen LogP contribution in [0.5, 0.6) is 0 Å². The zero-order chi connectivity index (χ0) is 31.3. The number of nitrogens with zero attached hydrogens (tertiary/aromatic N) is 2. The van der Waals surface area contributed by atoms with E-state index in [0.29, 0.717) is 0 Å². The molecule has 1 heterocycles. The number of allylic oxidation sites excluding steroid dienone is 2. The van der Waals surface area contributed by atoms with Gasteiger partial charge in [0.2, 0.25) is 11.4 Å². The second-order valence-corrected chi connectivity index (χ2v) is 14.8. The van der Waals surface area contributed by atoms with Crippen molar-refractivity contribution in [3.63, 3.8) is 0 Å². The van der Waals surface area contributed by atoms with Crippen LogP contribution in [0.2, 0.25) is 9.79 Å². The standard InChI is InChI=1S/C36H52N2.2C2H5.Pd/c1-5-9-13-14-15-16-23-34-33(22-12-8-4)36(32-21-17-20-30(28-32)19-11-7-3)38(37)35(34)31-26-24-29(25-27-31)18-10-6-2;2*1-2;/h17,20-21,24-28H,5-16,18-19,22-23H2,1-4H3;2*1H2,2H3;. The van der Waals surface area contributed by atoms with Crippen LogP contribution >= 0.6 is 0 Å². The molecule has 0 amide bonds. The van der Waals surface area contributed by atoms with Gasteiger partial charge in [-0.2, -0.15) is 0 Å². The fraction of sp³-hybridized carbons (Fsp3) is 0.600. The SMILES string of the molecule is CCCCCCCCC1=C(c2ccc(CCCC)cc2)[N+](=[N-])C(c2cccc(CCCC)c2)=C1CCCC.C[CH2][Pd][CH2]C. The van der Waals surface area contributed by atoms with Gasteiger partial charge < -0.3 is 5.53 Å². The molecular formula is C40H62N2Pd. The third-order valence-corrected chi connectivity index (χ3v) is 9.86. The molecule has 2 aromatic rings. The Hall–Kier alpha value is -1.82. The monoisotopic (exact) mass is 676 g/mol. The fourth-order valence-corrected chi connectivity index (χ4v) is 6.62. The van der Waals surface area contributed by atoms with Gasteiger partial charge in [0.1, 0.15) is 0 Å². The van der Waals surface area contributed by atoms with Crippen LogP contribution in [0.4, 0.5) is 0 Å². The maximum atomic E-state index is 11.9. The van der Waals surface area contributed by atoms with Gasteiger partial charge in [0.25, 0.3) is 0 Å². The predicted molar refractivity (Wildman–Crippen MR) is 186 cm³/mol. The zero-order valence-electron chi connectivity index (χ0n) is 28.6. The number of rotatable bonds is 20. The van der Waals surface area contributed by atoms with Gasteiger partial charge in [-0.1, -0.05) is 103 Å². The Morgan fingerprint density at radius 2 is 1.02 bits per heavy atom. The molecule has 0 aliphatic carbocycles. The third kappa shape index (κ3) is 12.6. The van der Waals surface area contributed by atoms with Gasteiger partial charge in [0.15, 0.2) is 0 Å². The van der Waals surface area contributed by atoms with Gasteiger partial charge in [0, 0.05) is 22.3 Å². The molecule has 0 spiro atoms. The van der Waals surface area contributed by atoms with Crippen molar-refractivity contribution in [1.82, 2.24) is 0 Å². The molecule has 0 N–H and O–H groups in total. The van der Waals surface area contributed by atoms with Crippen LogP contribution in [0.3, 0.4) is 0 Å². The van der Waals surface area contributed by atoms with E-state index in [-0.39, 0.29) is 0 Å². The number of aryl methyl sites for hydroxylation is 2. The summed E-state index contributed by atoms with van der Waals surface area (Å²) in [6, 6.07) is 17.9. The quantitative estimate of drug-likeness (QED) is 0.0757. The molecule has 1 aliphatic heterocycles. The molecule has 43 heavy (non-hydrogen) atoms. The first kappa shape index (κ1) is 37.4. The van der Waals surface area contributed by atoms with Crippen molar-refractivity contribution in [2.45, 2.75) is 154 Å². The Bertz CT molecular complexity index is 1120. The number of hydrogen-bond acceptors (Lipinski definition) is 0. The molecule has 3 rings (SSSR count). The molecule has 0 unspecified atom stereocenters. The van der Waals surface area contributed by atoms with Crippen LogP contribution in [0, 0.1) is 0 Å². The van der Waals surface area contributed by atoms with E-state index in [0.717, 1.165) is 79.0 Å². The maximum absolute atomic E-state index is 11.9. The molecule has 0 fully saturated rings. The zero-order valence-corrected chi connectivity index (χ0v) is 30.1. The summed E-state index contributed by atoms with van der Waals surface area (Å²) in [5.74, 6) is 0. The Labute approximate surface area is 274 Å². The average Bonchev–Trinajstić information content (AvgIpc) is 3.31. The minimum atomic E-state index is 1.01. The molecule has 1 aliphatic rings. The molecule has 0 bridgehead atoms. The van der Waals surface area contributed by atoms with Gasteiger partial charge in [0.05, 0.1) is 0 Å².